The number of aliphatic hydroxyl groups excluding tert-OH is 1. The van der Waals surface area contributed by atoms with E-state index in [1.54, 1.807) is 0 Å². The van der Waals surface area contributed by atoms with Crippen LogP contribution in [0.1, 0.15) is 44.9 Å². The third kappa shape index (κ3) is 2.23. The van der Waals surface area contributed by atoms with Gasteiger partial charge in [-0.2, -0.15) is 0 Å². The summed E-state index contributed by atoms with van der Waals surface area (Å²) in [6.45, 7) is 0.323. The third-order valence-electron chi connectivity index (χ3n) is 3.71. The average Bonchev–Trinajstić information content (AvgIpc) is 2.71. The van der Waals surface area contributed by atoms with Crippen molar-refractivity contribution in [3.05, 3.63) is 0 Å². The molecule has 2 fully saturated rings. The van der Waals surface area contributed by atoms with Gasteiger partial charge < -0.3 is 10.4 Å². The lowest BCUT2D eigenvalue weighted by atomic mass is 9.88. The molecule has 1 heterocycles. The summed E-state index contributed by atoms with van der Waals surface area (Å²) in [5, 5.41) is 12.7. The number of aliphatic hydroxyl groups is 1. The molecule has 2 atom stereocenters. The quantitative estimate of drug-likeness (QED) is 0.682. The topological polar surface area (TPSA) is 32.3 Å². The van der Waals surface area contributed by atoms with Gasteiger partial charge in [-0.25, -0.2) is 0 Å². The fraction of sp³-hybridized carbons (Fsp3) is 1.00. The first-order valence-corrected chi connectivity index (χ1v) is 5.77. The normalized spacial score (nSPS) is 36.7. The van der Waals surface area contributed by atoms with Crippen molar-refractivity contribution in [1.82, 2.24) is 5.32 Å². The second kappa shape index (κ2) is 4.43. The molecule has 1 saturated heterocycles. The number of nitrogens with one attached hydrogen (secondary N) is 1. The molecule has 0 aromatic carbocycles. The summed E-state index contributed by atoms with van der Waals surface area (Å²) in [5.41, 5.74) is 0. The van der Waals surface area contributed by atoms with Crippen LogP contribution in [0.15, 0.2) is 0 Å². The lowest BCUT2D eigenvalue weighted by Crippen LogP contribution is -2.47. The highest BCUT2D eigenvalue weighted by Gasteiger charge is 2.28. The smallest absolute Gasteiger partial charge is 0.0584 e. The number of piperidine rings is 1. The van der Waals surface area contributed by atoms with Gasteiger partial charge in [0.1, 0.15) is 0 Å². The third-order valence-corrected chi connectivity index (χ3v) is 3.71. The van der Waals surface area contributed by atoms with Crippen molar-refractivity contribution in [3.63, 3.8) is 0 Å². The van der Waals surface area contributed by atoms with Gasteiger partial charge in [-0.05, 0) is 31.6 Å². The molecule has 0 aromatic rings. The molecule has 0 spiro atoms. The van der Waals surface area contributed by atoms with Gasteiger partial charge in [-0.1, -0.05) is 19.3 Å². The number of hydrogen-bond acceptors (Lipinski definition) is 2. The highest BCUT2D eigenvalue weighted by molar-refractivity contribution is 4.86. The Labute approximate surface area is 80.7 Å². The standard InChI is InChI=1S/C11H21NO/c13-8-10-6-3-7-11(12-10)9-4-1-2-5-9/h9-13H,1-8H2. The molecule has 1 saturated carbocycles. The molecule has 2 rings (SSSR count). The van der Waals surface area contributed by atoms with E-state index in [2.05, 4.69) is 5.32 Å². The molecule has 76 valence electrons. The monoisotopic (exact) mass is 183 g/mol. The minimum absolute atomic E-state index is 0.323. The second-order valence-electron chi connectivity index (χ2n) is 4.63. The van der Waals surface area contributed by atoms with Gasteiger partial charge in [0.2, 0.25) is 0 Å². The average molecular weight is 183 g/mol. The van der Waals surface area contributed by atoms with Crippen LogP contribution in [0.4, 0.5) is 0 Å². The van der Waals surface area contributed by atoms with Crippen LogP contribution in [0.5, 0.6) is 0 Å². The van der Waals surface area contributed by atoms with E-state index in [4.69, 9.17) is 5.11 Å². The maximum absolute atomic E-state index is 9.09. The Balaban J connectivity index is 1.84. The zero-order valence-electron chi connectivity index (χ0n) is 8.34. The predicted octanol–water partition coefficient (Wildman–Crippen LogP) is 1.68. The van der Waals surface area contributed by atoms with Crippen molar-refractivity contribution in [3.8, 4) is 0 Å². The van der Waals surface area contributed by atoms with Gasteiger partial charge in [0.15, 0.2) is 0 Å². The van der Waals surface area contributed by atoms with E-state index in [1.807, 2.05) is 0 Å². The Bertz CT molecular complexity index is 154. The van der Waals surface area contributed by atoms with E-state index in [0.717, 1.165) is 5.92 Å². The van der Waals surface area contributed by atoms with Crippen molar-refractivity contribution < 1.29 is 5.11 Å². The van der Waals surface area contributed by atoms with Crippen molar-refractivity contribution in [2.24, 2.45) is 5.92 Å². The Hall–Kier alpha value is -0.0800. The van der Waals surface area contributed by atoms with Crippen molar-refractivity contribution >= 4 is 0 Å². The summed E-state index contributed by atoms with van der Waals surface area (Å²) in [5.74, 6) is 0.911. The Morgan fingerprint density at radius 2 is 1.77 bits per heavy atom. The van der Waals surface area contributed by atoms with Gasteiger partial charge >= 0.3 is 0 Å². The van der Waals surface area contributed by atoms with E-state index in [-0.39, 0.29) is 0 Å². The van der Waals surface area contributed by atoms with Gasteiger partial charge in [0.25, 0.3) is 0 Å². The van der Waals surface area contributed by atoms with Crippen LogP contribution >= 0.6 is 0 Å². The van der Waals surface area contributed by atoms with Crippen LogP contribution in [-0.2, 0) is 0 Å². The van der Waals surface area contributed by atoms with Crippen LogP contribution in [0.25, 0.3) is 0 Å². The molecule has 2 unspecified atom stereocenters. The van der Waals surface area contributed by atoms with Gasteiger partial charge in [0.05, 0.1) is 6.61 Å². The SMILES string of the molecule is OCC1CCCC(C2CCCC2)N1. The fourth-order valence-electron chi connectivity index (χ4n) is 2.93. The highest BCUT2D eigenvalue weighted by atomic mass is 16.3. The summed E-state index contributed by atoms with van der Waals surface area (Å²) in [6.07, 6.45) is 9.48. The molecule has 0 aromatic heterocycles. The molecule has 1 aliphatic carbocycles. The lowest BCUT2D eigenvalue weighted by Gasteiger charge is -2.33. The summed E-state index contributed by atoms with van der Waals surface area (Å²) in [4.78, 5) is 0. The van der Waals surface area contributed by atoms with Gasteiger partial charge in [-0.15, -0.1) is 0 Å². The lowest BCUT2D eigenvalue weighted by molar-refractivity contribution is 0.174. The highest BCUT2D eigenvalue weighted by Crippen LogP contribution is 2.31. The Morgan fingerprint density at radius 1 is 1.00 bits per heavy atom. The molecule has 2 N–H and O–H groups in total. The van der Waals surface area contributed by atoms with E-state index in [1.165, 1.54) is 44.9 Å². The summed E-state index contributed by atoms with van der Waals surface area (Å²) < 4.78 is 0. The minimum atomic E-state index is 0.323. The molecule has 13 heavy (non-hydrogen) atoms. The molecular formula is C11H21NO. The van der Waals surface area contributed by atoms with Crippen LogP contribution in [0.2, 0.25) is 0 Å². The maximum Gasteiger partial charge on any atom is 0.0584 e. The maximum atomic E-state index is 9.09. The molecule has 0 bridgehead atoms. The summed E-state index contributed by atoms with van der Waals surface area (Å²) >= 11 is 0. The van der Waals surface area contributed by atoms with Crippen molar-refractivity contribution in [1.29, 1.82) is 0 Å². The van der Waals surface area contributed by atoms with Gasteiger partial charge in [0, 0.05) is 12.1 Å². The molecule has 2 nitrogen and oxygen atoms in total. The van der Waals surface area contributed by atoms with E-state index in [9.17, 15) is 0 Å². The van der Waals surface area contributed by atoms with E-state index in [0.29, 0.717) is 18.7 Å². The largest absolute Gasteiger partial charge is 0.395 e. The number of hydrogen-bond donors (Lipinski definition) is 2. The van der Waals surface area contributed by atoms with Crippen LogP contribution in [0.3, 0.4) is 0 Å². The molecule has 1 aliphatic heterocycles. The first kappa shape index (κ1) is 9.47. The first-order chi connectivity index (χ1) is 6.40. The van der Waals surface area contributed by atoms with E-state index < -0.39 is 0 Å². The fourth-order valence-corrected chi connectivity index (χ4v) is 2.93. The summed E-state index contributed by atoms with van der Waals surface area (Å²) in [6, 6.07) is 1.10. The van der Waals surface area contributed by atoms with Crippen LogP contribution in [-0.4, -0.2) is 23.8 Å². The Kier molecular flexibility index (Phi) is 3.23. The zero-order chi connectivity index (χ0) is 9.10. The first-order valence-electron chi connectivity index (χ1n) is 5.77. The van der Waals surface area contributed by atoms with Crippen LogP contribution in [0, 0.1) is 5.92 Å². The van der Waals surface area contributed by atoms with Crippen molar-refractivity contribution in [2.45, 2.75) is 57.0 Å². The van der Waals surface area contributed by atoms with Gasteiger partial charge in [-0.3, -0.25) is 0 Å². The molecule has 2 heteroatoms. The second-order valence-corrected chi connectivity index (χ2v) is 4.63. The molecule has 0 radical (unpaired) electrons. The Morgan fingerprint density at radius 3 is 2.46 bits per heavy atom. The molecule has 2 aliphatic rings. The van der Waals surface area contributed by atoms with Crippen molar-refractivity contribution in [2.75, 3.05) is 6.61 Å². The van der Waals surface area contributed by atoms with Crippen LogP contribution < -0.4 is 5.32 Å². The molecule has 0 amide bonds. The van der Waals surface area contributed by atoms with E-state index >= 15 is 0 Å². The molecular weight excluding hydrogens is 162 g/mol. The predicted molar refractivity (Wildman–Crippen MR) is 53.6 cm³/mol. The zero-order valence-corrected chi connectivity index (χ0v) is 8.34. The minimum Gasteiger partial charge on any atom is -0.395 e. The summed E-state index contributed by atoms with van der Waals surface area (Å²) in [7, 11) is 0. The number of rotatable bonds is 2.